The molecule has 96 valence electrons. The lowest BCUT2D eigenvalue weighted by atomic mass is 10.1. The first kappa shape index (κ1) is 12.2. The van der Waals surface area contributed by atoms with Gasteiger partial charge in [0.15, 0.2) is 11.5 Å². The zero-order valence-corrected chi connectivity index (χ0v) is 12.3. The topological polar surface area (TPSA) is 56.7 Å². The molecule has 0 unspecified atom stereocenters. The molecule has 0 radical (unpaired) electrons. The van der Waals surface area contributed by atoms with E-state index in [0.29, 0.717) is 5.82 Å². The van der Waals surface area contributed by atoms with Crippen LogP contribution in [-0.4, -0.2) is 14.8 Å². The molecule has 4 nitrogen and oxygen atoms in total. The minimum absolute atomic E-state index is 0.490. The molecular formula is C14H13BrN4. The van der Waals surface area contributed by atoms with Gasteiger partial charge in [-0.2, -0.15) is 0 Å². The summed E-state index contributed by atoms with van der Waals surface area (Å²) >= 11 is 3.40. The summed E-state index contributed by atoms with van der Waals surface area (Å²) in [6.45, 7) is 4.16. The average Bonchev–Trinajstić information content (AvgIpc) is 2.70. The summed E-state index contributed by atoms with van der Waals surface area (Å²) in [5.41, 5.74) is 10.2. The second-order valence-corrected chi connectivity index (χ2v) is 5.46. The highest BCUT2D eigenvalue weighted by Gasteiger charge is 2.13. The number of halogens is 1. The SMILES string of the molecule is Cc1cccc(-n2nc(N)c3cc(Br)cnc32)c1C. The van der Waals surface area contributed by atoms with Crippen molar-refractivity contribution in [3.63, 3.8) is 0 Å². The fraction of sp³-hybridized carbons (Fsp3) is 0.143. The van der Waals surface area contributed by atoms with Gasteiger partial charge in [-0.25, -0.2) is 9.67 Å². The van der Waals surface area contributed by atoms with Crippen molar-refractivity contribution in [1.82, 2.24) is 14.8 Å². The number of aromatic nitrogens is 3. The molecule has 19 heavy (non-hydrogen) atoms. The molecule has 0 saturated heterocycles. The van der Waals surface area contributed by atoms with Crippen LogP contribution in [0.15, 0.2) is 34.9 Å². The third-order valence-electron chi connectivity index (χ3n) is 3.32. The second-order valence-electron chi connectivity index (χ2n) is 4.54. The molecule has 5 heteroatoms. The van der Waals surface area contributed by atoms with E-state index in [4.69, 9.17) is 5.73 Å². The number of rotatable bonds is 1. The van der Waals surface area contributed by atoms with Gasteiger partial charge in [-0.3, -0.25) is 0 Å². The molecule has 2 N–H and O–H groups in total. The van der Waals surface area contributed by atoms with E-state index in [0.717, 1.165) is 21.2 Å². The van der Waals surface area contributed by atoms with Crippen LogP contribution in [0.3, 0.4) is 0 Å². The number of anilines is 1. The minimum atomic E-state index is 0.490. The van der Waals surface area contributed by atoms with Gasteiger partial charge in [0.2, 0.25) is 0 Å². The second kappa shape index (κ2) is 4.35. The van der Waals surface area contributed by atoms with E-state index >= 15 is 0 Å². The van der Waals surface area contributed by atoms with E-state index in [1.807, 2.05) is 18.2 Å². The molecule has 3 aromatic rings. The Morgan fingerprint density at radius 3 is 2.84 bits per heavy atom. The Labute approximate surface area is 119 Å². The number of nitrogens with zero attached hydrogens (tertiary/aromatic N) is 3. The molecule has 0 aliphatic carbocycles. The van der Waals surface area contributed by atoms with Gasteiger partial charge in [0, 0.05) is 10.7 Å². The molecule has 2 aromatic heterocycles. The average molecular weight is 317 g/mol. The third-order valence-corrected chi connectivity index (χ3v) is 3.76. The van der Waals surface area contributed by atoms with Gasteiger partial charge in [0.05, 0.1) is 11.1 Å². The van der Waals surface area contributed by atoms with E-state index in [1.54, 1.807) is 10.9 Å². The summed E-state index contributed by atoms with van der Waals surface area (Å²) in [4.78, 5) is 4.42. The van der Waals surface area contributed by atoms with Crippen LogP contribution >= 0.6 is 15.9 Å². The standard InChI is InChI=1S/C14H13BrN4/c1-8-4-3-5-12(9(8)2)19-14-11(13(16)18-19)6-10(15)7-17-14/h3-7H,1-2H3,(H2,16,18). The maximum absolute atomic E-state index is 5.98. The number of pyridine rings is 1. The van der Waals surface area contributed by atoms with Crippen molar-refractivity contribution in [3.05, 3.63) is 46.1 Å². The molecule has 0 saturated carbocycles. The molecule has 2 heterocycles. The summed E-state index contributed by atoms with van der Waals surface area (Å²) in [6.07, 6.45) is 1.76. The Kier molecular flexibility index (Phi) is 2.78. The Morgan fingerprint density at radius 2 is 2.05 bits per heavy atom. The summed E-state index contributed by atoms with van der Waals surface area (Å²) in [7, 11) is 0. The molecule has 1 aromatic carbocycles. The Bertz CT molecular complexity index is 776. The molecular weight excluding hydrogens is 304 g/mol. The summed E-state index contributed by atoms with van der Waals surface area (Å²) in [6, 6.07) is 8.06. The third kappa shape index (κ3) is 1.90. The van der Waals surface area contributed by atoms with Crippen LogP contribution in [0.4, 0.5) is 5.82 Å². The van der Waals surface area contributed by atoms with E-state index in [-0.39, 0.29) is 0 Å². The molecule has 0 atom stereocenters. The zero-order valence-electron chi connectivity index (χ0n) is 10.7. The molecule has 3 rings (SSSR count). The molecule has 0 amide bonds. The lowest BCUT2D eigenvalue weighted by Gasteiger charge is -2.08. The fourth-order valence-corrected chi connectivity index (χ4v) is 2.46. The van der Waals surface area contributed by atoms with E-state index < -0.39 is 0 Å². The largest absolute Gasteiger partial charge is 0.382 e. The van der Waals surface area contributed by atoms with Gasteiger partial charge < -0.3 is 5.73 Å². The lowest BCUT2D eigenvalue weighted by Crippen LogP contribution is -2.01. The van der Waals surface area contributed by atoms with Gasteiger partial charge in [0.1, 0.15) is 0 Å². The van der Waals surface area contributed by atoms with Gasteiger partial charge >= 0.3 is 0 Å². The number of hydrogen-bond acceptors (Lipinski definition) is 3. The van der Waals surface area contributed by atoms with Crippen molar-refractivity contribution in [2.75, 3.05) is 5.73 Å². The predicted octanol–water partition coefficient (Wildman–Crippen LogP) is 3.38. The number of nitrogens with two attached hydrogens (primary N) is 1. The summed E-state index contributed by atoms with van der Waals surface area (Å²) in [5, 5.41) is 5.27. The lowest BCUT2D eigenvalue weighted by molar-refractivity contribution is 0.892. The normalized spacial score (nSPS) is 11.1. The maximum Gasteiger partial charge on any atom is 0.165 e. The Balaban J connectivity index is 2.34. The van der Waals surface area contributed by atoms with Crippen molar-refractivity contribution in [2.24, 2.45) is 0 Å². The molecule has 0 bridgehead atoms. The number of nitrogen functional groups attached to an aromatic ring is 1. The van der Waals surface area contributed by atoms with Crippen molar-refractivity contribution >= 4 is 32.8 Å². The molecule has 0 aliphatic rings. The number of hydrogen-bond donors (Lipinski definition) is 1. The maximum atomic E-state index is 5.98. The van der Waals surface area contributed by atoms with Crippen LogP contribution in [0.5, 0.6) is 0 Å². The Morgan fingerprint density at radius 1 is 1.26 bits per heavy atom. The fourth-order valence-electron chi connectivity index (χ4n) is 2.13. The smallest absolute Gasteiger partial charge is 0.165 e. The van der Waals surface area contributed by atoms with E-state index in [2.05, 4.69) is 45.9 Å². The van der Waals surface area contributed by atoms with E-state index in [9.17, 15) is 0 Å². The monoisotopic (exact) mass is 316 g/mol. The van der Waals surface area contributed by atoms with Crippen molar-refractivity contribution in [2.45, 2.75) is 13.8 Å². The highest BCUT2D eigenvalue weighted by atomic mass is 79.9. The minimum Gasteiger partial charge on any atom is -0.382 e. The zero-order chi connectivity index (χ0) is 13.6. The predicted molar refractivity (Wildman–Crippen MR) is 80.5 cm³/mol. The summed E-state index contributed by atoms with van der Waals surface area (Å²) < 4.78 is 2.70. The van der Waals surface area contributed by atoms with Crippen LogP contribution in [0.1, 0.15) is 11.1 Å². The van der Waals surface area contributed by atoms with Crippen molar-refractivity contribution in [1.29, 1.82) is 0 Å². The van der Waals surface area contributed by atoms with Crippen LogP contribution in [-0.2, 0) is 0 Å². The van der Waals surface area contributed by atoms with E-state index in [1.165, 1.54) is 11.1 Å². The van der Waals surface area contributed by atoms with Crippen LogP contribution < -0.4 is 5.73 Å². The number of aryl methyl sites for hydroxylation is 1. The number of benzene rings is 1. The van der Waals surface area contributed by atoms with Gasteiger partial charge in [0.25, 0.3) is 0 Å². The number of fused-ring (bicyclic) bond motifs is 1. The molecule has 0 aliphatic heterocycles. The van der Waals surface area contributed by atoms with Gasteiger partial charge in [-0.15, -0.1) is 5.10 Å². The molecule has 0 fully saturated rings. The highest BCUT2D eigenvalue weighted by Crippen LogP contribution is 2.26. The first-order chi connectivity index (χ1) is 9.08. The highest BCUT2D eigenvalue weighted by molar-refractivity contribution is 9.10. The van der Waals surface area contributed by atoms with Gasteiger partial charge in [-0.05, 0) is 53.0 Å². The van der Waals surface area contributed by atoms with Crippen molar-refractivity contribution < 1.29 is 0 Å². The quantitative estimate of drug-likeness (QED) is 0.748. The first-order valence-electron chi connectivity index (χ1n) is 5.94. The van der Waals surface area contributed by atoms with Crippen LogP contribution in [0.25, 0.3) is 16.7 Å². The van der Waals surface area contributed by atoms with Crippen molar-refractivity contribution in [3.8, 4) is 5.69 Å². The summed E-state index contributed by atoms with van der Waals surface area (Å²) in [5.74, 6) is 0.490. The first-order valence-corrected chi connectivity index (χ1v) is 6.73. The Hall–Kier alpha value is -1.88. The molecule has 0 spiro atoms. The van der Waals surface area contributed by atoms with Gasteiger partial charge in [-0.1, -0.05) is 12.1 Å². The van der Waals surface area contributed by atoms with Crippen LogP contribution in [0, 0.1) is 13.8 Å². The van der Waals surface area contributed by atoms with Crippen LogP contribution in [0.2, 0.25) is 0 Å².